The van der Waals surface area contributed by atoms with Crippen LogP contribution in [-0.4, -0.2) is 37.5 Å². The van der Waals surface area contributed by atoms with E-state index in [9.17, 15) is 0 Å². The van der Waals surface area contributed by atoms with Crippen molar-refractivity contribution in [3.05, 3.63) is 59.5 Å². The van der Waals surface area contributed by atoms with Gasteiger partial charge in [0.2, 0.25) is 0 Å². The molecule has 1 saturated heterocycles. The predicted molar refractivity (Wildman–Crippen MR) is 106 cm³/mol. The molecule has 1 aromatic carbocycles. The van der Waals surface area contributed by atoms with E-state index in [1.807, 2.05) is 13.1 Å². The summed E-state index contributed by atoms with van der Waals surface area (Å²) in [4.78, 5) is 6.88. The molecule has 2 heterocycles. The van der Waals surface area contributed by atoms with E-state index in [0.29, 0.717) is 0 Å². The zero-order chi connectivity index (χ0) is 18.2. The molecule has 2 aromatic rings. The van der Waals surface area contributed by atoms with E-state index in [0.717, 1.165) is 44.3 Å². The summed E-state index contributed by atoms with van der Waals surface area (Å²) in [6.07, 6.45) is 5.32. The first kappa shape index (κ1) is 18.5. The zero-order valence-electron chi connectivity index (χ0n) is 15.9. The first-order valence-corrected chi connectivity index (χ1v) is 9.60. The third-order valence-electron chi connectivity index (χ3n) is 5.09. The Morgan fingerprint density at radius 1 is 1.12 bits per heavy atom. The van der Waals surface area contributed by atoms with Gasteiger partial charge in [0.1, 0.15) is 5.76 Å². The summed E-state index contributed by atoms with van der Waals surface area (Å²) in [5, 5.41) is 6.92. The van der Waals surface area contributed by atoms with Crippen LogP contribution in [0.15, 0.2) is 52.1 Å². The molecule has 140 valence electrons. The van der Waals surface area contributed by atoms with Gasteiger partial charge in [-0.3, -0.25) is 9.89 Å². The van der Waals surface area contributed by atoms with E-state index in [-0.39, 0.29) is 6.04 Å². The summed E-state index contributed by atoms with van der Waals surface area (Å²) < 4.78 is 5.69. The molecule has 1 fully saturated rings. The fourth-order valence-electron chi connectivity index (χ4n) is 3.61. The number of furan rings is 1. The van der Waals surface area contributed by atoms with Crippen molar-refractivity contribution >= 4 is 5.96 Å². The van der Waals surface area contributed by atoms with E-state index in [4.69, 9.17) is 4.42 Å². The molecule has 1 aliphatic rings. The lowest BCUT2D eigenvalue weighted by Gasteiger charge is -2.26. The molecule has 0 radical (unpaired) electrons. The lowest BCUT2D eigenvalue weighted by molar-refractivity contribution is 0.215. The molecule has 26 heavy (non-hydrogen) atoms. The molecule has 3 rings (SSSR count). The van der Waals surface area contributed by atoms with Crippen LogP contribution in [0.1, 0.15) is 42.7 Å². The van der Waals surface area contributed by atoms with Gasteiger partial charge in [-0.2, -0.15) is 0 Å². The van der Waals surface area contributed by atoms with Gasteiger partial charge in [0.15, 0.2) is 5.96 Å². The maximum Gasteiger partial charge on any atom is 0.191 e. The lowest BCUT2D eigenvalue weighted by atomic mass is 10.1. The minimum atomic E-state index is 0.244. The highest BCUT2D eigenvalue weighted by atomic mass is 16.3. The van der Waals surface area contributed by atoms with E-state index in [2.05, 4.69) is 57.8 Å². The van der Waals surface area contributed by atoms with E-state index < -0.39 is 0 Å². The van der Waals surface area contributed by atoms with E-state index in [1.165, 1.54) is 24.0 Å². The number of aryl methyl sites for hydroxylation is 1. The van der Waals surface area contributed by atoms with Gasteiger partial charge in [0.05, 0.1) is 12.3 Å². The Morgan fingerprint density at radius 3 is 2.54 bits per heavy atom. The predicted octanol–water partition coefficient (Wildman–Crippen LogP) is 3.34. The summed E-state index contributed by atoms with van der Waals surface area (Å²) in [5.74, 6) is 1.85. The standard InChI is InChI=1S/C21H30N4O/c1-3-17-9-4-5-10-18(17)15-23-21(22-2)24-16-19(20-11-8-14-26-20)25-12-6-7-13-25/h4-5,8-11,14,19H,3,6-7,12-13,15-16H2,1-2H3,(H2,22,23,24). The molecule has 1 atom stereocenters. The second kappa shape index (κ2) is 9.43. The number of benzene rings is 1. The van der Waals surface area contributed by atoms with Crippen LogP contribution in [0.4, 0.5) is 0 Å². The maximum absolute atomic E-state index is 5.69. The molecule has 1 unspecified atom stereocenters. The van der Waals surface area contributed by atoms with Crippen LogP contribution in [0.3, 0.4) is 0 Å². The number of hydrogen-bond donors (Lipinski definition) is 2. The van der Waals surface area contributed by atoms with Crippen LogP contribution in [0, 0.1) is 0 Å². The van der Waals surface area contributed by atoms with E-state index >= 15 is 0 Å². The molecule has 1 aromatic heterocycles. The second-order valence-corrected chi connectivity index (χ2v) is 6.70. The van der Waals surface area contributed by atoms with Gasteiger partial charge in [-0.05, 0) is 55.6 Å². The maximum atomic E-state index is 5.69. The number of rotatable bonds is 7. The Morgan fingerprint density at radius 2 is 1.88 bits per heavy atom. The van der Waals surface area contributed by atoms with Crippen LogP contribution in [0.25, 0.3) is 0 Å². The minimum absolute atomic E-state index is 0.244. The van der Waals surface area contributed by atoms with Crippen molar-refractivity contribution in [2.75, 3.05) is 26.7 Å². The average molecular weight is 354 g/mol. The molecule has 0 bridgehead atoms. The van der Waals surface area contributed by atoms with Gasteiger partial charge >= 0.3 is 0 Å². The molecule has 0 saturated carbocycles. The van der Waals surface area contributed by atoms with Gasteiger partial charge in [0.25, 0.3) is 0 Å². The SMILES string of the molecule is CCc1ccccc1CNC(=NC)NCC(c1ccco1)N1CCCC1. The molecule has 5 nitrogen and oxygen atoms in total. The Kier molecular flexibility index (Phi) is 6.72. The van der Waals surface area contributed by atoms with E-state index in [1.54, 1.807) is 6.26 Å². The molecule has 1 aliphatic heterocycles. The van der Waals surface area contributed by atoms with Crippen molar-refractivity contribution in [3.8, 4) is 0 Å². The Bertz CT molecular complexity index is 690. The normalized spacial score (nSPS) is 16.6. The van der Waals surface area contributed by atoms with Crippen LogP contribution in [0.5, 0.6) is 0 Å². The second-order valence-electron chi connectivity index (χ2n) is 6.70. The van der Waals surface area contributed by atoms with Crippen LogP contribution in [0.2, 0.25) is 0 Å². The Labute approximate surface area is 156 Å². The monoisotopic (exact) mass is 354 g/mol. The molecule has 2 N–H and O–H groups in total. The van der Waals surface area contributed by atoms with Crippen molar-refractivity contribution in [1.82, 2.24) is 15.5 Å². The number of nitrogens with one attached hydrogen (secondary N) is 2. The molecule has 5 heteroatoms. The number of hydrogen-bond acceptors (Lipinski definition) is 3. The van der Waals surface area contributed by atoms with Gasteiger partial charge in [0, 0.05) is 20.1 Å². The molecular formula is C21H30N4O. The number of aliphatic imine (C=N–C) groups is 1. The number of nitrogens with zero attached hydrogens (tertiary/aromatic N) is 2. The first-order chi connectivity index (χ1) is 12.8. The molecule has 0 spiro atoms. The van der Waals surface area contributed by atoms with Crippen molar-refractivity contribution < 1.29 is 4.42 Å². The summed E-state index contributed by atoms with van der Waals surface area (Å²) in [5.41, 5.74) is 2.70. The Hall–Kier alpha value is -2.27. The van der Waals surface area contributed by atoms with Crippen molar-refractivity contribution in [2.24, 2.45) is 4.99 Å². The minimum Gasteiger partial charge on any atom is -0.468 e. The largest absolute Gasteiger partial charge is 0.468 e. The zero-order valence-corrected chi connectivity index (χ0v) is 15.9. The fraction of sp³-hybridized carbons (Fsp3) is 0.476. The van der Waals surface area contributed by atoms with Gasteiger partial charge < -0.3 is 15.1 Å². The third kappa shape index (κ3) is 4.67. The first-order valence-electron chi connectivity index (χ1n) is 9.60. The van der Waals surface area contributed by atoms with Crippen molar-refractivity contribution in [3.63, 3.8) is 0 Å². The molecule has 0 amide bonds. The highest BCUT2D eigenvalue weighted by Gasteiger charge is 2.25. The van der Waals surface area contributed by atoms with Gasteiger partial charge in [-0.25, -0.2) is 0 Å². The average Bonchev–Trinajstić information content (AvgIpc) is 3.39. The molecule has 0 aliphatic carbocycles. The Balaban J connectivity index is 1.58. The highest BCUT2D eigenvalue weighted by Crippen LogP contribution is 2.24. The lowest BCUT2D eigenvalue weighted by Crippen LogP contribution is -2.42. The van der Waals surface area contributed by atoms with Crippen LogP contribution in [-0.2, 0) is 13.0 Å². The number of guanidine groups is 1. The van der Waals surface area contributed by atoms with Gasteiger partial charge in [-0.1, -0.05) is 31.2 Å². The fourth-order valence-corrected chi connectivity index (χ4v) is 3.61. The van der Waals surface area contributed by atoms with Crippen molar-refractivity contribution in [2.45, 2.75) is 38.8 Å². The smallest absolute Gasteiger partial charge is 0.191 e. The number of likely N-dealkylation sites (tertiary alicyclic amines) is 1. The van der Waals surface area contributed by atoms with Crippen molar-refractivity contribution in [1.29, 1.82) is 0 Å². The summed E-state index contributed by atoms with van der Waals surface area (Å²) in [7, 11) is 1.82. The summed E-state index contributed by atoms with van der Waals surface area (Å²) >= 11 is 0. The topological polar surface area (TPSA) is 52.8 Å². The quantitative estimate of drug-likeness (QED) is 0.591. The molecular weight excluding hydrogens is 324 g/mol. The summed E-state index contributed by atoms with van der Waals surface area (Å²) in [6.45, 7) is 6.00. The van der Waals surface area contributed by atoms with Gasteiger partial charge in [-0.15, -0.1) is 0 Å². The van der Waals surface area contributed by atoms with Crippen LogP contribution >= 0.6 is 0 Å². The van der Waals surface area contributed by atoms with Crippen LogP contribution < -0.4 is 10.6 Å². The highest BCUT2D eigenvalue weighted by molar-refractivity contribution is 5.79. The third-order valence-corrected chi connectivity index (χ3v) is 5.09. The summed E-state index contributed by atoms with van der Waals surface area (Å²) in [6, 6.07) is 12.8.